The van der Waals surface area contributed by atoms with Crippen LogP contribution in [0.4, 0.5) is 0 Å². The molecule has 0 saturated heterocycles. The minimum atomic E-state index is 0. The Labute approximate surface area is 70.3 Å². The van der Waals surface area contributed by atoms with Crippen LogP contribution in [0, 0.1) is 0 Å². The molecule has 0 saturated carbocycles. The van der Waals surface area contributed by atoms with Crippen LogP contribution in [0.2, 0.25) is 0 Å². The smallest absolute Gasteiger partial charge is 1.00 e. The first-order valence-corrected chi connectivity index (χ1v) is 0. The SMILES string of the molecule is [Al+3].[Cu+].[Fe+2].[Zn+2]. The standard InChI is InChI=1S/Al.Cu.Fe.Zn/q+3;+1;2*+2. The van der Waals surface area contributed by atoms with E-state index in [4.69, 9.17) is 0 Å². The van der Waals surface area contributed by atoms with Crippen LogP contribution in [-0.4, -0.2) is 17.4 Å². The molecule has 0 heterocycles. The summed E-state index contributed by atoms with van der Waals surface area (Å²) in [5.74, 6) is 0. The first kappa shape index (κ1) is 34.7. The summed E-state index contributed by atoms with van der Waals surface area (Å²) in [6.07, 6.45) is 0. The predicted molar refractivity (Wildman–Crippen MR) is 5.75 cm³/mol. The summed E-state index contributed by atoms with van der Waals surface area (Å²) in [5.41, 5.74) is 0. The van der Waals surface area contributed by atoms with Crippen molar-refractivity contribution >= 4 is 17.4 Å². The summed E-state index contributed by atoms with van der Waals surface area (Å²) in [6.45, 7) is 0. The summed E-state index contributed by atoms with van der Waals surface area (Å²) in [5, 5.41) is 0. The third-order valence-electron chi connectivity index (χ3n) is 0. The Morgan fingerprint density at radius 3 is 1.00 bits per heavy atom. The van der Waals surface area contributed by atoms with E-state index in [0.29, 0.717) is 0 Å². The van der Waals surface area contributed by atoms with Crippen molar-refractivity contribution in [1.29, 1.82) is 0 Å². The fraction of sp³-hybridized carbons (Fsp3) is 0. The number of hydrogen-bond donors (Lipinski definition) is 0. The monoisotopic (exact) mass is 210 g/mol. The second-order valence-electron chi connectivity index (χ2n) is 0. The van der Waals surface area contributed by atoms with Crippen molar-refractivity contribution in [1.82, 2.24) is 0 Å². The minimum Gasteiger partial charge on any atom is 1.00 e. The molecule has 4 heteroatoms. The van der Waals surface area contributed by atoms with Gasteiger partial charge in [-0.1, -0.05) is 0 Å². The quantitative estimate of drug-likeness (QED) is 0.479. The van der Waals surface area contributed by atoms with Gasteiger partial charge in [-0.3, -0.25) is 0 Å². The molecule has 0 fully saturated rings. The Bertz CT molecular complexity index is 8.00. The third-order valence-corrected chi connectivity index (χ3v) is 0. The van der Waals surface area contributed by atoms with Gasteiger partial charge in [0, 0.05) is 0 Å². The van der Waals surface area contributed by atoms with Crippen LogP contribution in [0.1, 0.15) is 0 Å². The van der Waals surface area contributed by atoms with Gasteiger partial charge < -0.3 is 0 Å². The van der Waals surface area contributed by atoms with E-state index in [9.17, 15) is 0 Å². The maximum absolute atomic E-state index is 0. The number of hydrogen-bond acceptors (Lipinski definition) is 0. The van der Waals surface area contributed by atoms with Gasteiger partial charge >= 0.3 is 71.0 Å². The second-order valence-corrected chi connectivity index (χ2v) is 0. The Kier molecular flexibility index (Phi) is 165. The zero-order valence-electron chi connectivity index (χ0n) is 1.94. The first-order valence-electron chi connectivity index (χ1n) is 0. The van der Waals surface area contributed by atoms with E-state index in [-0.39, 0.29) is 71.0 Å². The maximum Gasteiger partial charge on any atom is 3.00 e. The van der Waals surface area contributed by atoms with Crippen LogP contribution in [0.15, 0.2) is 0 Å². The molecule has 4 heavy (non-hydrogen) atoms. The molecule has 0 spiro atoms. The van der Waals surface area contributed by atoms with Gasteiger partial charge in [-0.2, -0.15) is 0 Å². The Morgan fingerprint density at radius 2 is 1.00 bits per heavy atom. The summed E-state index contributed by atoms with van der Waals surface area (Å²) < 4.78 is 0. The zero-order chi connectivity index (χ0) is 0. The largest absolute Gasteiger partial charge is 3.00 e. The van der Waals surface area contributed by atoms with Crippen molar-refractivity contribution in [2.45, 2.75) is 0 Å². The Hall–Kier alpha value is 2.19. The van der Waals surface area contributed by atoms with Crippen LogP contribution in [0.3, 0.4) is 0 Å². The van der Waals surface area contributed by atoms with Gasteiger partial charge in [0.25, 0.3) is 0 Å². The molecule has 0 aromatic heterocycles. The molecule has 0 aromatic rings. The molecule has 0 rings (SSSR count). The van der Waals surface area contributed by atoms with E-state index < -0.39 is 0 Å². The van der Waals surface area contributed by atoms with Crippen molar-refractivity contribution in [3.8, 4) is 0 Å². The van der Waals surface area contributed by atoms with Crippen LogP contribution in [0.5, 0.6) is 0 Å². The Balaban J connectivity index is 0. The van der Waals surface area contributed by atoms with E-state index in [1.54, 1.807) is 0 Å². The van der Waals surface area contributed by atoms with Gasteiger partial charge in [0.15, 0.2) is 0 Å². The second kappa shape index (κ2) is 19.0. The van der Waals surface area contributed by atoms with Crippen LogP contribution >= 0.6 is 0 Å². The van der Waals surface area contributed by atoms with E-state index in [1.807, 2.05) is 0 Å². The van der Waals surface area contributed by atoms with Crippen molar-refractivity contribution in [3.05, 3.63) is 0 Å². The van der Waals surface area contributed by atoms with E-state index in [2.05, 4.69) is 0 Å². The maximum atomic E-state index is 0. The average molecular weight is 212 g/mol. The van der Waals surface area contributed by atoms with Gasteiger partial charge in [0.2, 0.25) is 0 Å². The molecule has 0 N–H and O–H groups in total. The van der Waals surface area contributed by atoms with Crippen molar-refractivity contribution in [3.63, 3.8) is 0 Å². The average Bonchev–Trinajstić information content (AvgIpc) is 0. The fourth-order valence-corrected chi connectivity index (χ4v) is 0. The molecule has 0 radical (unpaired) electrons. The molecular formula is AlCuFeZn+8. The van der Waals surface area contributed by atoms with Gasteiger partial charge in [0.05, 0.1) is 0 Å². The molecule has 0 bridgehead atoms. The van der Waals surface area contributed by atoms with Crippen LogP contribution in [0.25, 0.3) is 0 Å². The summed E-state index contributed by atoms with van der Waals surface area (Å²) in [6, 6.07) is 0. The summed E-state index contributed by atoms with van der Waals surface area (Å²) in [7, 11) is 0. The van der Waals surface area contributed by atoms with Crippen molar-refractivity contribution in [2.24, 2.45) is 0 Å². The molecule has 0 aliphatic carbocycles. The molecule has 0 aliphatic heterocycles. The molecular weight excluding hydrogens is 212 g/mol. The molecule has 0 aliphatic rings. The minimum absolute atomic E-state index is 0. The first-order chi connectivity index (χ1) is 0. The van der Waals surface area contributed by atoms with Gasteiger partial charge in [0.1, 0.15) is 0 Å². The molecule has 0 unspecified atom stereocenters. The van der Waals surface area contributed by atoms with Crippen molar-refractivity contribution < 1.29 is 53.6 Å². The summed E-state index contributed by atoms with van der Waals surface area (Å²) in [4.78, 5) is 0. The van der Waals surface area contributed by atoms with Crippen molar-refractivity contribution in [2.75, 3.05) is 0 Å². The zero-order valence-corrected chi connectivity index (χ0v) is 8.11. The van der Waals surface area contributed by atoms with E-state index in [1.165, 1.54) is 0 Å². The normalized spacial score (nSPS) is 0. The number of rotatable bonds is 0. The van der Waals surface area contributed by atoms with Crippen LogP contribution < -0.4 is 0 Å². The fourth-order valence-electron chi connectivity index (χ4n) is 0. The molecule has 0 amide bonds. The summed E-state index contributed by atoms with van der Waals surface area (Å²) >= 11 is 0. The van der Waals surface area contributed by atoms with Gasteiger partial charge in [-0.15, -0.1) is 0 Å². The molecule has 0 nitrogen and oxygen atoms in total. The van der Waals surface area contributed by atoms with Gasteiger partial charge in [-0.05, 0) is 0 Å². The Morgan fingerprint density at radius 1 is 1.00 bits per heavy atom. The van der Waals surface area contributed by atoms with E-state index in [0.717, 1.165) is 0 Å². The topological polar surface area (TPSA) is 0 Å². The van der Waals surface area contributed by atoms with Crippen LogP contribution in [-0.2, 0) is 53.6 Å². The third kappa shape index (κ3) is 8.89. The predicted octanol–water partition coefficient (Wildman–Crippen LogP) is -0.388. The molecule has 16 valence electrons. The molecule has 0 aromatic carbocycles. The van der Waals surface area contributed by atoms with E-state index >= 15 is 0 Å². The van der Waals surface area contributed by atoms with Gasteiger partial charge in [-0.25, -0.2) is 0 Å². The molecule has 0 atom stereocenters.